The number of carbonyl (C=O) groups is 1. The second-order valence-electron chi connectivity index (χ2n) is 3.60. The molecule has 7 nitrogen and oxygen atoms in total. The number of phenols is 3. The standard InChI is InChI=1S/C11H16N2O5/c1-2-13(3-4-14)11(18)12-7-5-8(15)10(17)9(16)6-7/h5-6,14-17H,2-4H2,1H3,(H,12,18). The Labute approximate surface area is 104 Å². The van der Waals surface area contributed by atoms with Crippen LogP contribution in [0.25, 0.3) is 0 Å². The average molecular weight is 256 g/mol. The van der Waals surface area contributed by atoms with Crippen molar-refractivity contribution in [1.29, 1.82) is 0 Å². The lowest BCUT2D eigenvalue weighted by atomic mass is 10.2. The van der Waals surface area contributed by atoms with Crippen molar-refractivity contribution < 1.29 is 25.2 Å². The summed E-state index contributed by atoms with van der Waals surface area (Å²) in [4.78, 5) is 13.1. The number of carbonyl (C=O) groups excluding carboxylic acids is 1. The Bertz CT molecular complexity index is 412. The molecule has 0 aliphatic rings. The van der Waals surface area contributed by atoms with Gasteiger partial charge in [-0.2, -0.15) is 0 Å². The molecular weight excluding hydrogens is 240 g/mol. The molecule has 0 aromatic heterocycles. The summed E-state index contributed by atoms with van der Waals surface area (Å²) >= 11 is 0. The third-order valence-electron chi connectivity index (χ3n) is 2.36. The molecule has 0 unspecified atom stereocenters. The van der Waals surface area contributed by atoms with Crippen LogP contribution in [0.3, 0.4) is 0 Å². The summed E-state index contributed by atoms with van der Waals surface area (Å²) in [7, 11) is 0. The van der Waals surface area contributed by atoms with Gasteiger partial charge in [0.15, 0.2) is 17.2 Å². The molecule has 1 aromatic rings. The van der Waals surface area contributed by atoms with Gasteiger partial charge in [-0.05, 0) is 6.92 Å². The van der Waals surface area contributed by atoms with Gasteiger partial charge in [-0.15, -0.1) is 0 Å². The number of rotatable bonds is 4. The predicted molar refractivity (Wildman–Crippen MR) is 64.8 cm³/mol. The summed E-state index contributed by atoms with van der Waals surface area (Å²) in [5.41, 5.74) is 0.143. The second kappa shape index (κ2) is 5.97. The Morgan fingerprint density at radius 2 is 1.83 bits per heavy atom. The van der Waals surface area contributed by atoms with Gasteiger partial charge in [0.05, 0.1) is 12.3 Å². The number of aliphatic hydroxyl groups is 1. The molecule has 0 radical (unpaired) electrons. The molecule has 7 heteroatoms. The van der Waals surface area contributed by atoms with E-state index in [9.17, 15) is 15.0 Å². The molecule has 0 aliphatic heterocycles. The summed E-state index contributed by atoms with van der Waals surface area (Å²) < 4.78 is 0. The zero-order chi connectivity index (χ0) is 13.7. The van der Waals surface area contributed by atoms with Crippen LogP contribution in [0.1, 0.15) is 6.92 Å². The molecule has 5 N–H and O–H groups in total. The number of aliphatic hydroxyl groups excluding tert-OH is 1. The number of nitrogens with zero attached hydrogens (tertiary/aromatic N) is 1. The number of anilines is 1. The Morgan fingerprint density at radius 1 is 1.28 bits per heavy atom. The number of hydrogen-bond acceptors (Lipinski definition) is 5. The van der Waals surface area contributed by atoms with E-state index in [0.717, 1.165) is 12.1 Å². The second-order valence-corrected chi connectivity index (χ2v) is 3.60. The molecule has 100 valence electrons. The van der Waals surface area contributed by atoms with Gasteiger partial charge >= 0.3 is 6.03 Å². The Balaban J connectivity index is 2.81. The lowest BCUT2D eigenvalue weighted by molar-refractivity contribution is 0.192. The van der Waals surface area contributed by atoms with Crippen LogP contribution < -0.4 is 5.32 Å². The van der Waals surface area contributed by atoms with Crippen molar-refractivity contribution in [3.63, 3.8) is 0 Å². The number of likely N-dealkylation sites (N-methyl/N-ethyl adjacent to an activating group) is 1. The smallest absolute Gasteiger partial charge is 0.321 e. The predicted octanol–water partition coefficient (Wildman–Crippen LogP) is 0.649. The van der Waals surface area contributed by atoms with Gasteiger partial charge in [-0.25, -0.2) is 4.79 Å². The number of hydrogen-bond donors (Lipinski definition) is 5. The van der Waals surface area contributed by atoms with Crippen LogP contribution in [-0.2, 0) is 0 Å². The lowest BCUT2D eigenvalue weighted by Gasteiger charge is -2.20. The Kier molecular flexibility index (Phi) is 4.61. The highest BCUT2D eigenvalue weighted by Gasteiger charge is 2.13. The van der Waals surface area contributed by atoms with Gasteiger partial charge in [0.2, 0.25) is 0 Å². The Hall–Kier alpha value is -2.15. The van der Waals surface area contributed by atoms with E-state index in [4.69, 9.17) is 10.2 Å². The van der Waals surface area contributed by atoms with Crippen molar-refractivity contribution in [2.75, 3.05) is 25.0 Å². The van der Waals surface area contributed by atoms with E-state index in [1.54, 1.807) is 6.92 Å². The first-order valence-corrected chi connectivity index (χ1v) is 5.41. The van der Waals surface area contributed by atoms with Gasteiger partial charge in [-0.3, -0.25) is 0 Å². The molecular formula is C11H16N2O5. The van der Waals surface area contributed by atoms with Gasteiger partial charge < -0.3 is 30.6 Å². The van der Waals surface area contributed by atoms with E-state index in [2.05, 4.69) is 5.32 Å². The van der Waals surface area contributed by atoms with Crippen LogP contribution in [0, 0.1) is 0 Å². The molecule has 2 amide bonds. The van der Waals surface area contributed by atoms with Crippen molar-refractivity contribution >= 4 is 11.7 Å². The zero-order valence-electron chi connectivity index (χ0n) is 9.92. The molecule has 0 saturated heterocycles. The molecule has 0 saturated carbocycles. The molecule has 0 fully saturated rings. The minimum absolute atomic E-state index is 0.143. The third-order valence-corrected chi connectivity index (χ3v) is 2.36. The van der Waals surface area contributed by atoms with Crippen molar-refractivity contribution in [1.82, 2.24) is 4.90 Å². The van der Waals surface area contributed by atoms with Crippen molar-refractivity contribution in [3.05, 3.63) is 12.1 Å². The number of aromatic hydroxyl groups is 3. The largest absolute Gasteiger partial charge is 0.504 e. The molecule has 0 aliphatic carbocycles. The highest BCUT2D eigenvalue weighted by molar-refractivity contribution is 5.90. The van der Waals surface area contributed by atoms with E-state index in [0.29, 0.717) is 6.54 Å². The summed E-state index contributed by atoms with van der Waals surface area (Å²) in [6.45, 7) is 2.18. The fraction of sp³-hybridized carbons (Fsp3) is 0.364. The van der Waals surface area contributed by atoms with E-state index < -0.39 is 23.3 Å². The van der Waals surface area contributed by atoms with Gasteiger partial charge in [-0.1, -0.05) is 0 Å². The highest BCUT2D eigenvalue weighted by Crippen LogP contribution is 2.37. The third kappa shape index (κ3) is 3.17. The molecule has 1 aromatic carbocycles. The van der Waals surface area contributed by atoms with E-state index in [1.807, 2.05) is 0 Å². The van der Waals surface area contributed by atoms with E-state index >= 15 is 0 Å². The van der Waals surface area contributed by atoms with Crippen LogP contribution in [0.15, 0.2) is 12.1 Å². The van der Waals surface area contributed by atoms with Crippen LogP contribution in [0.2, 0.25) is 0 Å². The quantitative estimate of drug-likeness (QED) is 0.401. The number of nitrogens with one attached hydrogen (secondary N) is 1. The molecule has 0 atom stereocenters. The van der Waals surface area contributed by atoms with E-state index in [1.165, 1.54) is 4.90 Å². The molecule has 1 rings (SSSR count). The van der Waals surface area contributed by atoms with Gasteiger partial charge in [0, 0.05) is 25.2 Å². The SMILES string of the molecule is CCN(CCO)C(=O)Nc1cc(O)c(O)c(O)c1. The number of phenolic OH excluding ortho intramolecular Hbond substituents is 3. The van der Waals surface area contributed by atoms with Crippen molar-refractivity contribution in [2.45, 2.75) is 6.92 Å². The van der Waals surface area contributed by atoms with Crippen LogP contribution in [-0.4, -0.2) is 51.1 Å². The summed E-state index contributed by atoms with van der Waals surface area (Å²) in [6, 6.07) is 1.75. The number of amides is 2. The molecule has 0 spiro atoms. The minimum Gasteiger partial charge on any atom is -0.504 e. The molecule has 0 heterocycles. The van der Waals surface area contributed by atoms with Crippen molar-refractivity contribution in [3.8, 4) is 17.2 Å². The first-order valence-electron chi connectivity index (χ1n) is 5.41. The van der Waals surface area contributed by atoms with Gasteiger partial charge in [0.25, 0.3) is 0 Å². The highest BCUT2D eigenvalue weighted by atomic mass is 16.3. The van der Waals surface area contributed by atoms with Crippen LogP contribution in [0.4, 0.5) is 10.5 Å². The monoisotopic (exact) mass is 256 g/mol. The molecule has 0 bridgehead atoms. The summed E-state index contributed by atoms with van der Waals surface area (Å²) in [5.74, 6) is -1.71. The van der Waals surface area contributed by atoms with Crippen molar-refractivity contribution in [2.24, 2.45) is 0 Å². The maximum absolute atomic E-state index is 11.7. The Morgan fingerprint density at radius 3 is 2.28 bits per heavy atom. The molecule has 18 heavy (non-hydrogen) atoms. The summed E-state index contributed by atoms with van der Waals surface area (Å²) in [5, 5.41) is 38.9. The van der Waals surface area contributed by atoms with Gasteiger partial charge in [0.1, 0.15) is 0 Å². The maximum atomic E-state index is 11.7. The number of urea groups is 1. The van der Waals surface area contributed by atoms with Crippen LogP contribution in [0.5, 0.6) is 17.2 Å². The zero-order valence-corrected chi connectivity index (χ0v) is 9.92. The fourth-order valence-corrected chi connectivity index (χ4v) is 1.40. The van der Waals surface area contributed by atoms with E-state index in [-0.39, 0.29) is 18.8 Å². The first-order chi connectivity index (χ1) is 8.49. The van der Waals surface area contributed by atoms with Crippen LogP contribution >= 0.6 is 0 Å². The lowest BCUT2D eigenvalue weighted by Crippen LogP contribution is -2.36. The topological polar surface area (TPSA) is 113 Å². The maximum Gasteiger partial charge on any atom is 0.321 e. The fourth-order valence-electron chi connectivity index (χ4n) is 1.40. The number of benzene rings is 1. The summed E-state index contributed by atoms with van der Waals surface area (Å²) in [6.07, 6.45) is 0. The first kappa shape index (κ1) is 13.9. The minimum atomic E-state index is -0.643. The average Bonchev–Trinajstić information content (AvgIpc) is 2.32. The normalized spacial score (nSPS) is 10.1.